The number of benzene rings is 1. The Morgan fingerprint density at radius 1 is 1.23 bits per heavy atom. The highest BCUT2D eigenvalue weighted by Crippen LogP contribution is 2.40. The average molecular weight is 486 g/mol. The maximum Gasteiger partial charge on any atom is 0.325 e. The number of ether oxygens (including phenoxy) is 1. The van der Waals surface area contributed by atoms with Crippen LogP contribution in [0.5, 0.6) is 0 Å². The molecule has 3 aromatic rings. The Morgan fingerprint density at radius 3 is 2.73 bits per heavy atom. The van der Waals surface area contributed by atoms with Crippen LogP contribution in [0, 0.1) is 0 Å². The second-order valence-electron chi connectivity index (χ2n) is 6.77. The van der Waals surface area contributed by atoms with Gasteiger partial charge in [0, 0.05) is 16.2 Å². The number of halogens is 1. The van der Waals surface area contributed by atoms with Crippen LogP contribution < -0.4 is 5.32 Å². The van der Waals surface area contributed by atoms with Gasteiger partial charge in [-0.2, -0.15) is 0 Å². The fraction of sp³-hybridized carbons (Fsp3) is 0.227. The molecule has 1 aliphatic heterocycles. The van der Waals surface area contributed by atoms with E-state index in [-0.39, 0.29) is 24.6 Å². The lowest BCUT2D eigenvalue weighted by molar-refractivity contribution is -0.143. The number of nitrogens with one attached hydrogen (secondary N) is 1. The molecule has 1 fully saturated rings. The number of carbonyl (C=O) groups excluding carboxylic acids is 1. The highest BCUT2D eigenvalue weighted by Gasteiger charge is 2.42. The Balaban J connectivity index is 1.70. The molecule has 0 bridgehead atoms. The van der Waals surface area contributed by atoms with E-state index in [4.69, 9.17) is 21.4 Å². The van der Waals surface area contributed by atoms with Crippen LogP contribution in [0.25, 0.3) is 11.3 Å². The highest BCUT2D eigenvalue weighted by molar-refractivity contribution is 9.10. The molecule has 8 heteroatoms. The first-order valence-electron chi connectivity index (χ1n) is 9.56. The molecule has 2 atom stereocenters. The van der Waals surface area contributed by atoms with E-state index < -0.39 is 0 Å². The van der Waals surface area contributed by atoms with Crippen LogP contribution in [0.3, 0.4) is 0 Å². The Kier molecular flexibility index (Phi) is 6.15. The number of pyridine rings is 1. The summed E-state index contributed by atoms with van der Waals surface area (Å²) in [7, 11) is 0. The molecule has 0 unspecified atom stereocenters. The summed E-state index contributed by atoms with van der Waals surface area (Å²) >= 11 is 8.99. The number of carbonyl (C=O) groups is 1. The number of esters is 1. The van der Waals surface area contributed by atoms with E-state index in [0.717, 1.165) is 21.5 Å². The molecular formula is C22H20BrN3O3S. The van der Waals surface area contributed by atoms with Crippen LogP contribution in [0.15, 0.2) is 69.7 Å². The summed E-state index contributed by atoms with van der Waals surface area (Å²) in [6.07, 6.45) is 1.74. The van der Waals surface area contributed by atoms with Gasteiger partial charge < -0.3 is 19.4 Å². The lowest BCUT2D eigenvalue weighted by atomic mass is 10.0. The third kappa shape index (κ3) is 4.24. The van der Waals surface area contributed by atoms with Gasteiger partial charge in [-0.1, -0.05) is 34.1 Å². The van der Waals surface area contributed by atoms with Crippen molar-refractivity contribution < 1.29 is 13.9 Å². The normalized spacial score (nSPS) is 18.3. The average Bonchev–Trinajstić information content (AvgIpc) is 3.35. The molecule has 6 nitrogen and oxygen atoms in total. The molecule has 2 aromatic heterocycles. The van der Waals surface area contributed by atoms with Gasteiger partial charge in [0.05, 0.1) is 18.3 Å². The minimum atomic E-state index is -0.340. The Labute approximate surface area is 188 Å². The van der Waals surface area contributed by atoms with Crippen molar-refractivity contribution in [3.63, 3.8) is 0 Å². The van der Waals surface area contributed by atoms with Crippen LogP contribution in [-0.2, 0) is 9.53 Å². The summed E-state index contributed by atoms with van der Waals surface area (Å²) < 4.78 is 12.4. The van der Waals surface area contributed by atoms with Crippen molar-refractivity contribution in [1.29, 1.82) is 0 Å². The summed E-state index contributed by atoms with van der Waals surface area (Å²) in [5.74, 6) is 1.10. The number of rotatable bonds is 6. The number of hydrogen-bond donors (Lipinski definition) is 1. The molecule has 0 saturated carbocycles. The van der Waals surface area contributed by atoms with E-state index in [1.54, 1.807) is 18.0 Å². The first kappa shape index (κ1) is 20.6. The molecule has 3 heterocycles. The molecule has 1 saturated heterocycles. The van der Waals surface area contributed by atoms with Crippen molar-refractivity contribution in [3.8, 4) is 11.3 Å². The van der Waals surface area contributed by atoms with Crippen molar-refractivity contribution in [3.05, 3.63) is 76.7 Å². The Bertz CT molecular complexity index is 1040. The van der Waals surface area contributed by atoms with Crippen molar-refractivity contribution >= 4 is 39.2 Å². The zero-order valence-electron chi connectivity index (χ0n) is 16.2. The predicted molar refractivity (Wildman–Crippen MR) is 121 cm³/mol. The lowest BCUT2D eigenvalue weighted by Crippen LogP contribution is -2.35. The third-order valence-corrected chi connectivity index (χ3v) is 5.73. The number of furan rings is 1. The summed E-state index contributed by atoms with van der Waals surface area (Å²) in [5.41, 5.74) is 1.78. The lowest BCUT2D eigenvalue weighted by Gasteiger charge is -2.25. The van der Waals surface area contributed by atoms with E-state index in [1.807, 2.05) is 54.6 Å². The molecule has 0 aliphatic carbocycles. The fourth-order valence-corrected chi connectivity index (χ4v) is 4.08. The second kappa shape index (κ2) is 8.97. The van der Waals surface area contributed by atoms with Crippen molar-refractivity contribution in [2.24, 2.45) is 0 Å². The molecule has 0 amide bonds. The molecule has 154 valence electrons. The number of hydrogen-bond acceptors (Lipinski definition) is 5. The van der Waals surface area contributed by atoms with Gasteiger partial charge >= 0.3 is 5.97 Å². The zero-order valence-corrected chi connectivity index (χ0v) is 18.7. The molecule has 1 aromatic carbocycles. The predicted octanol–water partition coefficient (Wildman–Crippen LogP) is 4.64. The van der Waals surface area contributed by atoms with E-state index in [1.165, 1.54) is 0 Å². The zero-order chi connectivity index (χ0) is 21.1. The van der Waals surface area contributed by atoms with Crippen LogP contribution in [-0.4, -0.2) is 34.1 Å². The van der Waals surface area contributed by atoms with E-state index >= 15 is 0 Å². The van der Waals surface area contributed by atoms with E-state index in [9.17, 15) is 4.79 Å². The topological polar surface area (TPSA) is 67.6 Å². The minimum Gasteiger partial charge on any atom is -0.465 e. The molecular weight excluding hydrogens is 466 g/mol. The standard InChI is InChI=1S/C22H20BrN3O3S/c1-2-28-19(27)13-26-21(20(25-22(26)30)16-5-3-4-12-24-16)18-11-10-17(29-18)14-6-8-15(23)9-7-14/h3-12,20-21H,2,13H2,1H3,(H,25,30)/t20-,21+/m0/s1. The third-order valence-electron chi connectivity index (χ3n) is 4.85. The SMILES string of the molecule is CCOC(=O)CN1C(=S)N[C@@H](c2ccccn2)[C@H]1c1ccc(-c2ccc(Br)cc2)o1. The highest BCUT2D eigenvalue weighted by atomic mass is 79.9. The van der Waals surface area contributed by atoms with Gasteiger partial charge in [0.25, 0.3) is 0 Å². The first-order valence-corrected chi connectivity index (χ1v) is 10.8. The maximum atomic E-state index is 12.2. The molecule has 1 N–H and O–H groups in total. The molecule has 30 heavy (non-hydrogen) atoms. The summed E-state index contributed by atoms with van der Waals surface area (Å²) in [5, 5.41) is 3.76. The van der Waals surface area contributed by atoms with Crippen LogP contribution in [0.2, 0.25) is 0 Å². The molecule has 4 rings (SSSR count). The summed E-state index contributed by atoms with van der Waals surface area (Å²) in [6, 6.07) is 16.9. The largest absolute Gasteiger partial charge is 0.465 e. The monoisotopic (exact) mass is 485 g/mol. The second-order valence-corrected chi connectivity index (χ2v) is 8.07. The van der Waals surface area contributed by atoms with E-state index in [2.05, 4.69) is 26.2 Å². The van der Waals surface area contributed by atoms with Crippen LogP contribution in [0.1, 0.15) is 30.5 Å². The van der Waals surface area contributed by atoms with E-state index in [0.29, 0.717) is 17.5 Å². The van der Waals surface area contributed by atoms with Crippen LogP contribution >= 0.6 is 28.1 Å². The summed E-state index contributed by atoms with van der Waals surface area (Å²) in [6.45, 7) is 2.13. The first-order chi connectivity index (χ1) is 14.6. The maximum absolute atomic E-state index is 12.2. The Hall–Kier alpha value is -2.71. The quantitative estimate of drug-likeness (QED) is 0.402. The van der Waals surface area contributed by atoms with Crippen molar-refractivity contribution in [2.45, 2.75) is 19.0 Å². The molecule has 0 radical (unpaired) electrons. The van der Waals surface area contributed by atoms with Crippen LogP contribution in [0.4, 0.5) is 0 Å². The number of nitrogens with zero attached hydrogens (tertiary/aromatic N) is 2. The molecule has 1 aliphatic rings. The van der Waals surface area contributed by atoms with Crippen molar-refractivity contribution in [1.82, 2.24) is 15.2 Å². The number of aromatic nitrogens is 1. The Morgan fingerprint density at radius 2 is 2.03 bits per heavy atom. The molecule has 0 spiro atoms. The fourth-order valence-electron chi connectivity index (χ4n) is 3.51. The van der Waals surface area contributed by atoms with Gasteiger partial charge in [0.1, 0.15) is 24.1 Å². The van der Waals surface area contributed by atoms with Gasteiger partial charge in [-0.05, 0) is 55.5 Å². The smallest absolute Gasteiger partial charge is 0.325 e. The van der Waals surface area contributed by atoms with Gasteiger partial charge in [0.15, 0.2) is 5.11 Å². The van der Waals surface area contributed by atoms with Crippen molar-refractivity contribution in [2.75, 3.05) is 13.2 Å². The van der Waals surface area contributed by atoms with Gasteiger partial charge in [0.2, 0.25) is 0 Å². The van der Waals surface area contributed by atoms with Gasteiger partial charge in [-0.15, -0.1) is 0 Å². The van der Waals surface area contributed by atoms with Gasteiger partial charge in [-0.3, -0.25) is 9.78 Å². The van der Waals surface area contributed by atoms with Gasteiger partial charge in [-0.25, -0.2) is 0 Å². The minimum absolute atomic E-state index is 0.0298. The number of thiocarbonyl (C=S) groups is 1. The summed E-state index contributed by atoms with van der Waals surface area (Å²) in [4.78, 5) is 18.5.